The fourth-order valence-corrected chi connectivity index (χ4v) is 1.01. The van der Waals surface area contributed by atoms with E-state index in [1.807, 2.05) is 6.92 Å². The molecule has 72 valence electrons. The number of carbonyl (C=O) groups is 1. The molecule has 0 N–H and O–H groups in total. The fraction of sp³-hybridized carbons (Fsp3) is 0.889. The van der Waals surface area contributed by atoms with Gasteiger partial charge in [-0.2, -0.15) is 0 Å². The van der Waals surface area contributed by atoms with Crippen LogP contribution in [0.15, 0.2) is 0 Å². The SMILES string of the molecule is CCCC(=O)CCC(OC)OC. The zero-order valence-electron chi connectivity index (χ0n) is 8.13. The Labute approximate surface area is 74.0 Å². The molecular formula is C9H18O3. The maximum absolute atomic E-state index is 11.1. The van der Waals surface area contributed by atoms with Crippen molar-refractivity contribution in [1.29, 1.82) is 0 Å². The summed E-state index contributed by atoms with van der Waals surface area (Å²) in [5.74, 6) is 0.289. The Morgan fingerprint density at radius 2 is 1.83 bits per heavy atom. The first kappa shape index (κ1) is 11.6. The van der Waals surface area contributed by atoms with Crippen molar-refractivity contribution in [1.82, 2.24) is 0 Å². The minimum absolute atomic E-state index is 0.231. The molecule has 0 saturated carbocycles. The summed E-state index contributed by atoms with van der Waals surface area (Å²) in [7, 11) is 3.16. The average Bonchev–Trinajstić information content (AvgIpc) is 2.07. The summed E-state index contributed by atoms with van der Waals surface area (Å²) in [5, 5.41) is 0. The molecule has 0 radical (unpaired) electrons. The van der Waals surface area contributed by atoms with Gasteiger partial charge in [-0.25, -0.2) is 0 Å². The first-order valence-corrected chi connectivity index (χ1v) is 4.31. The van der Waals surface area contributed by atoms with E-state index in [4.69, 9.17) is 9.47 Å². The van der Waals surface area contributed by atoms with Gasteiger partial charge in [0, 0.05) is 33.5 Å². The van der Waals surface area contributed by atoms with Crippen LogP contribution >= 0.6 is 0 Å². The van der Waals surface area contributed by atoms with Crippen LogP contribution in [0.1, 0.15) is 32.6 Å². The molecule has 0 aromatic rings. The Kier molecular flexibility index (Phi) is 7.00. The molecule has 0 aliphatic carbocycles. The summed E-state index contributed by atoms with van der Waals surface area (Å²) < 4.78 is 9.91. The van der Waals surface area contributed by atoms with E-state index in [0.29, 0.717) is 19.3 Å². The molecule has 3 heteroatoms. The average molecular weight is 174 g/mol. The number of ether oxygens (including phenoxy) is 2. The van der Waals surface area contributed by atoms with E-state index in [1.165, 1.54) is 0 Å². The molecule has 12 heavy (non-hydrogen) atoms. The van der Waals surface area contributed by atoms with E-state index >= 15 is 0 Å². The first-order chi connectivity index (χ1) is 5.74. The topological polar surface area (TPSA) is 35.5 Å². The lowest BCUT2D eigenvalue weighted by molar-refractivity contribution is -0.127. The Morgan fingerprint density at radius 3 is 2.25 bits per heavy atom. The van der Waals surface area contributed by atoms with Gasteiger partial charge >= 0.3 is 0 Å². The van der Waals surface area contributed by atoms with Gasteiger partial charge in [0.15, 0.2) is 6.29 Å². The number of ketones is 1. The molecule has 0 aliphatic rings. The van der Waals surface area contributed by atoms with Crippen LogP contribution in [0.5, 0.6) is 0 Å². The minimum Gasteiger partial charge on any atom is -0.356 e. The summed E-state index contributed by atoms with van der Waals surface area (Å²) in [5.41, 5.74) is 0. The molecule has 0 atom stereocenters. The third-order valence-electron chi connectivity index (χ3n) is 1.71. The van der Waals surface area contributed by atoms with Crippen molar-refractivity contribution in [3.63, 3.8) is 0 Å². The van der Waals surface area contributed by atoms with Gasteiger partial charge in [-0.3, -0.25) is 4.79 Å². The molecular weight excluding hydrogens is 156 g/mol. The molecule has 0 fully saturated rings. The van der Waals surface area contributed by atoms with Gasteiger partial charge in [-0.05, 0) is 6.42 Å². The number of hydrogen-bond acceptors (Lipinski definition) is 3. The largest absolute Gasteiger partial charge is 0.356 e. The normalized spacial score (nSPS) is 10.7. The van der Waals surface area contributed by atoms with Crippen molar-refractivity contribution in [3.8, 4) is 0 Å². The maximum Gasteiger partial charge on any atom is 0.157 e. The van der Waals surface area contributed by atoms with Gasteiger partial charge in [0.25, 0.3) is 0 Å². The van der Waals surface area contributed by atoms with E-state index in [9.17, 15) is 4.79 Å². The first-order valence-electron chi connectivity index (χ1n) is 4.31. The number of carbonyl (C=O) groups excluding carboxylic acids is 1. The van der Waals surface area contributed by atoms with Crippen LogP contribution in [0.2, 0.25) is 0 Å². The van der Waals surface area contributed by atoms with Crippen LogP contribution in [0.25, 0.3) is 0 Å². The zero-order chi connectivity index (χ0) is 9.40. The molecule has 0 spiro atoms. The highest BCUT2D eigenvalue weighted by Gasteiger charge is 2.07. The van der Waals surface area contributed by atoms with E-state index < -0.39 is 0 Å². The van der Waals surface area contributed by atoms with Crippen molar-refractivity contribution >= 4 is 5.78 Å². The van der Waals surface area contributed by atoms with E-state index in [1.54, 1.807) is 14.2 Å². The molecule has 0 saturated heterocycles. The minimum atomic E-state index is -0.231. The zero-order valence-corrected chi connectivity index (χ0v) is 8.13. The second kappa shape index (κ2) is 7.25. The van der Waals surface area contributed by atoms with Crippen LogP contribution in [-0.4, -0.2) is 26.3 Å². The van der Waals surface area contributed by atoms with Gasteiger partial charge in [0.05, 0.1) is 0 Å². The maximum atomic E-state index is 11.1. The van der Waals surface area contributed by atoms with Crippen molar-refractivity contribution in [3.05, 3.63) is 0 Å². The van der Waals surface area contributed by atoms with Crippen LogP contribution in [0, 0.1) is 0 Å². The number of methoxy groups -OCH3 is 2. The standard InChI is InChI=1S/C9H18O3/c1-4-5-8(10)6-7-9(11-2)12-3/h9H,4-7H2,1-3H3. The smallest absolute Gasteiger partial charge is 0.157 e. The summed E-state index contributed by atoms with van der Waals surface area (Å²) in [6.45, 7) is 2.00. The molecule has 0 rings (SSSR count). The van der Waals surface area contributed by atoms with Crippen molar-refractivity contribution in [2.75, 3.05) is 14.2 Å². The fourth-order valence-electron chi connectivity index (χ4n) is 1.01. The number of Topliss-reactive ketones (excluding diaryl/α,β-unsaturated/α-hetero) is 1. The Morgan fingerprint density at radius 1 is 1.25 bits per heavy atom. The van der Waals surface area contributed by atoms with Gasteiger partial charge in [-0.1, -0.05) is 6.92 Å². The summed E-state index contributed by atoms with van der Waals surface area (Å²) in [6.07, 6.45) is 2.57. The Balaban J connectivity index is 3.44. The van der Waals surface area contributed by atoms with Crippen LogP contribution in [-0.2, 0) is 14.3 Å². The lowest BCUT2D eigenvalue weighted by Gasteiger charge is -2.11. The predicted molar refractivity (Wildman–Crippen MR) is 47.0 cm³/mol. The second-order valence-corrected chi connectivity index (χ2v) is 2.73. The lowest BCUT2D eigenvalue weighted by atomic mass is 10.1. The number of hydrogen-bond donors (Lipinski definition) is 0. The third kappa shape index (κ3) is 5.27. The van der Waals surface area contributed by atoms with Crippen molar-refractivity contribution in [2.24, 2.45) is 0 Å². The van der Waals surface area contributed by atoms with Gasteiger partial charge < -0.3 is 9.47 Å². The van der Waals surface area contributed by atoms with E-state index in [-0.39, 0.29) is 12.1 Å². The molecule has 3 nitrogen and oxygen atoms in total. The Bertz CT molecular complexity index is 119. The summed E-state index contributed by atoms with van der Waals surface area (Å²) in [4.78, 5) is 11.1. The van der Waals surface area contributed by atoms with Crippen LogP contribution in [0.4, 0.5) is 0 Å². The van der Waals surface area contributed by atoms with Crippen LogP contribution < -0.4 is 0 Å². The summed E-state index contributed by atoms with van der Waals surface area (Å²) >= 11 is 0. The number of rotatable bonds is 7. The monoisotopic (exact) mass is 174 g/mol. The molecule has 0 aliphatic heterocycles. The Hall–Kier alpha value is -0.410. The molecule has 0 aromatic heterocycles. The van der Waals surface area contributed by atoms with Gasteiger partial charge in [0.2, 0.25) is 0 Å². The third-order valence-corrected chi connectivity index (χ3v) is 1.71. The van der Waals surface area contributed by atoms with E-state index in [0.717, 1.165) is 6.42 Å². The molecule has 0 heterocycles. The van der Waals surface area contributed by atoms with Crippen LogP contribution in [0.3, 0.4) is 0 Å². The summed E-state index contributed by atoms with van der Waals surface area (Å²) in [6, 6.07) is 0. The highest BCUT2D eigenvalue weighted by molar-refractivity contribution is 5.78. The molecule has 0 aromatic carbocycles. The highest BCUT2D eigenvalue weighted by Crippen LogP contribution is 2.04. The second-order valence-electron chi connectivity index (χ2n) is 2.73. The van der Waals surface area contributed by atoms with Crippen molar-refractivity contribution < 1.29 is 14.3 Å². The molecule has 0 unspecified atom stereocenters. The van der Waals surface area contributed by atoms with Crippen molar-refractivity contribution in [2.45, 2.75) is 38.9 Å². The quantitative estimate of drug-likeness (QED) is 0.552. The van der Waals surface area contributed by atoms with Gasteiger partial charge in [0.1, 0.15) is 5.78 Å². The lowest BCUT2D eigenvalue weighted by Crippen LogP contribution is -2.14. The van der Waals surface area contributed by atoms with E-state index in [2.05, 4.69) is 0 Å². The highest BCUT2D eigenvalue weighted by atomic mass is 16.7. The molecule has 0 amide bonds. The molecule has 0 bridgehead atoms. The predicted octanol–water partition coefficient (Wildman–Crippen LogP) is 1.75. The van der Waals surface area contributed by atoms with Gasteiger partial charge in [-0.15, -0.1) is 0 Å².